The van der Waals surface area contributed by atoms with Crippen molar-refractivity contribution in [1.82, 2.24) is 20.6 Å². The minimum Gasteiger partial charge on any atom is -0.494 e. The number of nitrogens with zero attached hydrogens (tertiary/aromatic N) is 2. The lowest BCUT2D eigenvalue weighted by Gasteiger charge is -2.22. The van der Waals surface area contributed by atoms with Gasteiger partial charge >= 0.3 is 5.97 Å². The summed E-state index contributed by atoms with van der Waals surface area (Å²) in [5.74, 6) is -0.799. The normalized spacial score (nSPS) is 12.9. The molecule has 2 aromatic carbocycles. The third-order valence-corrected chi connectivity index (χ3v) is 10.5. The minimum atomic E-state index is -1.22. The van der Waals surface area contributed by atoms with Crippen LogP contribution in [0.15, 0.2) is 110 Å². The first-order chi connectivity index (χ1) is 26.4. The summed E-state index contributed by atoms with van der Waals surface area (Å²) in [6.07, 6.45) is 16.6. The molecule has 2 amide bonds. The summed E-state index contributed by atoms with van der Waals surface area (Å²) in [4.78, 5) is 50.2. The quantitative estimate of drug-likeness (QED) is 0.0604. The van der Waals surface area contributed by atoms with E-state index in [1.165, 1.54) is 37.0 Å². The first-order valence-corrected chi connectivity index (χ1v) is 19.8. The number of allylic oxidation sites excluding steroid dienone is 4. The van der Waals surface area contributed by atoms with E-state index < -0.39 is 29.9 Å². The molecule has 55 heavy (non-hydrogen) atoms. The van der Waals surface area contributed by atoms with Crippen LogP contribution in [0.1, 0.15) is 93.3 Å². The number of amides is 2. The van der Waals surface area contributed by atoms with Gasteiger partial charge in [-0.05, 0) is 59.7 Å². The number of carboxylic acids is 1. The zero-order valence-corrected chi connectivity index (χ0v) is 33.5. The van der Waals surface area contributed by atoms with Crippen molar-refractivity contribution in [1.29, 1.82) is 0 Å². The number of hydrogen-bond acceptors (Lipinski definition) is 7. The Morgan fingerprint density at radius 2 is 1.55 bits per heavy atom. The summed E-state index contributed by atoms with van der Waals surface area (Å²) in [6.45, 7) is 14.7. The molecule has 290 valence electrons. The average molecular weight is 763 g/mol. The van der Waals surface area contributed by atoms with E-state index in [9.17, 15) is 19.5 Å². The lowest BCUT2D eigenvalue weighted by molar-refractivity contribution is -0.142. The summed E-state index contributed by atoms with van der Waals surface area (Å²) in [6, 6.07) is 16.8. The molecular weight excluding hydrogens is 709 g/mol. The summed E-state index contributed by atoms with van der Waals surface area (Å²) >= 11 is 1.37. The molecule has 0 aliphatic heterocycles. The van der Waals surface area contributed by atoms with Crippen LogP contribution in [-0.4, -0.2) is 51.5 Å². The molecular formula is C45H54N4O5S. The topological polar surface area (TPSA) is 131 Å². The predicted molar refractivity (Wildman–Crippen MR) is 222 cm³/mol. The molecule has 4 rings (SSSR count). The predicted octanol–water partition coefficient (Wildman–Crippen LogP) is 9.51. The maximum absolute atomic E-state index is 13.8. The van der Waals surface area contributed by atoms with Gasteiger partial charge in [0.2, 0.25) is 5.91 Å². The van der Waals surface area contributed by atoms with Gasteiger partial charge in [-0.3, -0.25) is 9.59 Å². The highest BCUT2D eigenvalue weighted by atomic mass is 32.1. The summed E-state index contributed by atoms with van der Waals surface area (Å²) in [5, 5.41) is 15.5. The molecule has 0 fully saturated rings. The van der Waals surface area contributed by atoms with E-state index in [2.05, 4.69) is 54.9 Å². The maximum atomic E-state index is 13.8. The van der Waals surface area contributed by atoms with Crippen LogP contribution in [0.25, 0.3) is 22.5 Å². The van der Waals surface area contributed by atoms with Crippen molar-refractivity contribution in [2.24, 2.45) is 0 Å². The number of benzene rings is 2. The standard InChI is InChI=1S/C45H54N4O5S/c1-7-10-11-12-13-26-54-36-22-20-33(21-23-36)35-29-46-41(47-30-35)34-18-16-32(17-19-34)27-37(48-43(51)39-24-25-40(55-39)45(4,5)6)42(50)49-38(44(52)53)28-31(14-8-2)15-9-3/h8-9,14-25,29-30,37-38H,2,7,10-13,26-28H2,1,3-6H3,(H,48,51)(H,49,50)(H,52,53)/b15-9-,31-14+/t37?,38-/m0/s1. The lowest BCUT2D eigenvalue weighted by Crippen LogP contribution is -2.52. The van der Waals surface area contributed by atoms with Crippen LogP contribution in [0.5, 0.6) is 5.75 Å². The van der Waals surface area contributed by atoms with Crippen molar-refractivity contribution in [3.63, 3.8) is 0 Å². The van der Waals surface area contributed by atoms with E-state index >= 15 is 0 Å². The number of thiophene rings is 1. The Hall–Kier alpha value is -5.35. The van der Waals surface area contributed by atoms with Gasteiger partial charge in [-0.2, -0.15) is 0 Å². The fourth-order valence-electron chi connectivity index (χ4n) is 5.86. The van der Waals surface area contributed by atoms with E-state index in [-0.39, 0.29) is 18.3 Å². The summed E-state index contributed by atoms with van der Waals surface area (Å²) in [7, 11) is 0. The molecule has 2 atom stereocenters. The highest BCUT2D eigenvalue weighted by Gasteiger charge is 2.28. The summed E-state index contributed by atoms with van der Waals surface area (Å²) in [5.41, 5.74) is 3.97. The van der Waals surface area contributed by atoms with Gasteiger partial charge in [0, 0.05) is 41.2 Å². The molecule has 3 N–H and O–H groups in total. The maximum Gasteiger partial charge on any atom is 0.326 e. The number of carbonyl (C=O) groups is 3. The largest absolute Gasteiger partial charge is 0.494 e. The first kappa shape index (κ1) is 42.4. The number of carboxylic acid groups (broad SMARTS) is 1. The van der Waals surface area contributed by atoms with Crippen molar-refractivity contribution in [2.45, 2.75) is 97.1 Å². The molecule has 0 aliphatic carbocycles. The Morgan fingerprint density at radius 1 is 0.873 bits per heavy atom. The third kappa shape index (κ3) is 13.2. The van der Waals surface area contributed by atoms with E-state index in [4.69, 9.17) is 4.74 Å². The van der Waals surface area contributed by atoms with E-state index in [0.717, 1.165) is 39.3 Å². The number of rotatable bonds is 20. The van der Waals surface area contributed by atoms with Crippen LogP contribution in [0.4, 0.5) is 0 Å². The first-order valence-electron chi connectivity index (χ1n) is 18.9. The van der Waals surface area contributed by atoms with E-state index in [1.54, 1.807) is 42.8 Å². The number of aromatic nitrogens is 2. The zero-order chi connectivity index (χ0) is 39.8. The van der Waals surface area contributed by atoms with Gasteiger partial charge in [0.15, 0.2) is 5.82 Å². The molecule has 0 bridgehead atoms. The molecule has 10 heteroatoms. The number of carbonyl (C=O) groups excluding carboxylic acids is 2. The highest BCUT2D eigenvalue weighted by molar-refractivity contribution is 7.14. The van der Waals surface area contributed by atoms with Crippen molar-refractivity contribution in [3.8, 4) is 28.3 Å². The molecule has 0 spiro atoms. The number of ether oxygens (including phenoxy) is 1. The Kier molecular flexibility index (Phi) is 16.1. The molecule has 0 radical (unpaired) electrons. The highest BCUT2D eigenvalue weighted by Crippen LogP contribution is 2.30. The number of aliphatic carboxylic acids is 1. The van der Waals surface area contributed by atoms with E-state index in [0.29, 0.717) is 22.9 Å². The fourth-order valence-corrected chi connectivity index (χ4v) is 6.82. The molecule has 4 aromatic rings. The van der Waals surface area contributed by atoms with Gasteiger partial charge in [-0.1, -0.05) is 121 Å². The summed E-state index contributed by atoms with van der Waals surface area (Å²) < 4.78 is 5.90. The lowest BCUT2D eigenvalue weighted by atomic mass is 9.95. The van der Waals surface area contributed by atoms with Crippen molar-refractivity contribution >= 4 is 29.1 Å². The van der Waals surface area contributed by atoms with Crippen LogP contribution < -0.4 is 15.4 Å². The minimum absolute atomic E-state index is 0.0461. The molecule has 1 unspecified atom stereocenters. The van der Waals surface area contributed by atoms with Crippen LogP contribution in [0.2, 0.25) is 0 Å². The Morgan fingerprint density at radius 3 is 2.15 bits per heavy atom. The van der Waals surface area contributed by atoms with Gasteiger partial charge in [0.25, 0.3) is 5.91 Å². The third-order valence-electron chi connectivity index (χ3n) is 8.97. The van der Waals surface area contributed by atoms with Crippen LogP contribution in [0.3, 0.4) is 0 Å². The molecule has 9 nitrogen and oxygen atoms in total. The van der Waals surface area contributed by atoms with Crippen LogP contribution >= 0.6 is 11.3 Å². The number of unbranched alkanes of at least 4 members (excludes halogenated alkanes) is 4. The Balaban J connectivity index is 1.47. The van der Waals surface area contributed by atoms with Gasteiger partial charge in [-0.15, -0.1) is 11.3 Å². The number of hydrogen-bond donors (Lipinski definition) is 3. The van der Waals surface area contributed by atoms with Crippen LogP contribution in [-0.2, 0) is 21.4 Å². The van der Waals surface area contributed by atoms with Gasteiger partial charge in [0.05, 0.1) is 11.5 Å². The molecule has 2 aromatic heterocycles. The van der Waals surface area contributed by atoms with Gasteiger partial charge < -0.3 is 20.5 Å². The SMILES string of the molecule is C=C/C=C(\C=C/C)C[C@H](NC(=O)C(Cc1ccc(-c2ncc(-c3ccc(OCCCCCCC)cc3)cn2)cc1)NC(=O)c1ccc(C(C)(C)C)s1)C(=O)O. The van der Waals surface area contributed by atoms with Crippen molar-refractivity contribution in [3.05, 3.63) is 125 Å². The van der Waals surface area contributed by atoms with E-state index in [1.807, 2.05) is 61.5 Å². The molecule has 2 heterocycles. The van der Waals surface area contributed by atoms with Gasteiger partial charge in [0.1, 0.15) is 17.8 Å². The monoisotopic (exact) mass is 762 g/mol. The second-order valence-electron chi connectivity index (χ2n) is 14.5. The molecule has 0 saturated carbocycles. The Bertz CT molecular complexity index is 1920. The smallest absolute Gasteiger partial charge is 0.326 e. The van der Waals surface area contributed by atoms with Crippen molar-refractivity contribution < 1.29 is 24.2 Å². The van der Waals surface area contributed by atoms with Gasteiger partial charge in [-0.25, -0.2) is 14.8 Å². The Labute approximate surface area is 329 Å². The van der Waals surface area contributed by atoms with Crippen LogP contribution in [0, 0.1) is 0 Å². The number of nitrogens with one attached hydrogen (secondary N) is 2. The average Bonchev–Trinajstić information content (AvgIpc) is 3.69. The fraction of sp³-hybridized carbons (Fsp3) is 0.356. The molecule has 0 saturated heterocycles. The van der Waals surface area contributed by atoms with Crippen molar-refractivity contribution in [2.75, 3.05) is 6.61 Å². The zero-order valence-electron chi connectivity index (χ0n) is 32.6. The second kappa shape index (κ2) is 20.9. The molecule has 0 aliphatic rings. The second-order valence-corrected chi connectivity index (χ2v) is 15.6.